The molecule has 0 bridgehead atoms. The summed E-state index contributed by atoms with van der Waals surface area (Å²) < 4.78 is 40.7. The predicted molar refractivity (Wildman–Crippen MR) is 75.0 cm³/mol. The molecule has 2 heterocycles. The van der Waals surface area contributed by atoms with Crippen molar-refractivity contribution in [1.82, 2.24) is 5.01 Å². The first kappa shape index (κ1) is 15.2. The lowest BCUT2D eigenvalue weighted by Gasteiger charge is -2.36. The number of rotatable bonds is 1. The highest BCUT2D eigenvalue weighted by Crippen LogP contribution is 2.43. The number of hydrogen-bond acceptors (Lipinski definition) is 5. The van der Waals surface area contributed by atoms with E-state index in [1.807, 2.05) is 6.92 Å². The van der Waals surface area contributed by atoms with E-state index in [0.29, 0.717) is 22.7 Å². The summed E-state index contributed by atoms with van der Waals surface area (Å²) in [7, 11) is 0. The summed E-state index contributed by atoms with van der Waals surface area (Å²) in [4.78, 5) is 17.0. The third kappa shape index (κ3) is 2.78. The van der Waals surface area contributed by atoms with Gasteiger partial charge in [-0.2, -0.15) is 0 Å². The lowest BCUT2D eigenvalue weighted by molar-refractivity contribution is -0.274. The minimum absolute atomic E-state index is 0.155. The number of hydrazine groups is 1. The summed E-state index contributed by atoms with van der Waals surface area (Å²) in [5.41, 5.74) is 1.23. The molecule has 118 valence electrons. The van der Waals surface area contributed by atoms with Gasteiger partial charge in [0.2, 0.25) is 0 Å². The van der Waals surface area contributed by atoms with Crippen LogP contribution in [0.5, 0.6) is 5.75 Å². The number of fused-ring (bicyclic) bond motifs is 2. The van der Waals surface area contributed by atoms with Gasteiger partial charge in [-0.3, -0.25) is 14.8 Å². The number of halogens is 3. The summed E-state index contributed by atoms with van der Waals surface area (Å²) in [6.07, 6.45) is -4.22. The second-order valence-electron chi connectivity index (χ2n) is 5.08. The zero-order chi connectivity index (χ0) is 16.1. The second kappa shape index (κ2) is 5.17. The maximum atomic E-state index is 12.3. The molecule has 1 fully saturated rings. The Bertz CT molecular complexity index is 662. The van der Waals surface area contributed by atoms with Crippen molar-refractivity contribution in [2.75, 3.05) is 0 Å². The van der Waals surface area contributed by atoms with E-state index in [-0.39, 0.29) is 17.7 Å². The van der Waals surface area contributed by atoms with E-state index in [4.69, 9.17) is 5.84 Å². The number of piperidine rings is 1. The molecule has 0 spiro atoms. The number of carbonyl (C=O) groups is 1. The molecule has 1 saturated heterocycles. The number of benzene rings is 1. The van der Waals surface area contributed by atoms with Crippen LogP contribution in [0.4, 0.5) is 18.9 Å². The zero-order valence-electron chi connectivity index (χ0n) is 11.4. The summed E-state index contributed by atoms with van der Waals surface area (Å²) in [5.74, 6) is 5.07. The molecule has 22 heavy (non-hydrogen) atoms. The van der Waals surface area contributed by atoms with Crippen LogP contribution in [0.15, 0.2) is 28.1 Å². The van der Waals surface area contributed by atoms with Crippen LogP contribution in [0.2, 0.25) is 0 Å². The zero-order valence-corrected chi connectivity index (χ0v) is 12.2. The molecule has 0 radical (unpaired) electrons. The Morgan fingerprint density at radius 3 is 2.86 bits per heavy atom. The van der Waals surface area contributed by atoms with E-state index in [2.05, 4.69) is 9.73 Å². The Kier molecular flexibility index (Phi) is 3.56. The first-order valence-corrected chi connectivity index (χ1v) is 7.34. The monoisotopic (exact) mass is 331 g/mol. The largest absolute Gasteiger partial charge is 0.573 e. The molecule has 2 unspecified atom stereocenters. The number of hydrogen-bond donors (Lipinski definition) is 1. The van der Waals surface area contributed by atoms with Crippen molar-refractivity contribution in [2.24, 2.45) is 10.8 Å². The van der Waals surface area contributed by atoms with Crippen molar-refractivity contribution in [1.29, 1.82) is 0 Å². The fraction of sp³-hybridized carbons (Fsp3) is 0.385. The number of ether oxygens (including phenoxy) is 1. The van der Waals surface area contributed by atoms with Gasteiger partial charge in [0.25, 0.3) is 5.91 Å². The van der Waals surface area contributed by atoms with Crippen LogP contribution < -0.4 is 10.6 Å². The Labute approximate surface area is 128 Å². The van der Waals surface area contributed by atoms with Crippen molar-refractivity contribution < 1.29 is 22.7 Å². The molecule has 2 aliphatic rings. The number of nitrogens with zero attached hydrogens (tertiary/aromatic N) is 2. The van der Waals surface area contributed by atoms with Crippen LogP contribution in [-0.2, 0) is 4.79 Å². The van der Waals surface area contributed by atoms with Crippen molar-refractivity contribution >= 4 is 29.1 Å². The van der Waals surface area contributed by atoms with Crippen molar-refractivity contribution in [3.8, 4) is 5.75 Å². The average Bonchev–Trinajstić information content (AvgIpc) is 2.42. The first-order chi connectivity index (χ1) is 10.2. The highest BCUT2D eigenvalue weighted by atomic mass is 32.2. The number of amides is 1. The standard InChI is InChI=1S/C13H12F3N3O2S/c1-6-4-9-11(12(20)19(6)17)22-10-5-7(21-13(14,15)16)2-3-8(10)18-9/h2-3,5-6,11H,4,17H2,1H3. The van der Waals surface area contributed by atoms with Crippen LogP contribution in [-0.4, -0.2) is 34.3 Å². The Balaban J connectivity index is 1.93. The van der Waals surface area contributed by atoms with Gasteiger partial charge in [-0.25, -0.2) is 5.84 Å². The molecule has 2 aliphatic heterocycles. The third-order valence-corrected chi connectivity index (χ3v) is 4.72. The molecular formula is C13H12F3N3O2S. The van der Waals surface area contributed by atoms with Gasteiger partial charge < -0.3 is 4.74 Å². The van der Waals surface area contributed by atoms with Crippen LogP contribution in [0.1, 0.15) is 13.3 Å². The van der Waals surface area contributed by atoms with Crippen LogP contribution in [0.25, 0.3) is 0 Å². The summed E-state index contributed by atoms with van der Waals surface area (Å²) in [5, 5.41) is 0.562. The second-order valence-corrected chi connectivity index (χ2v) is 6.22. The van der Waals surface area contributed by atoms with Gasteiger partial charge in [-0.15, -0.1) is 24.9 Å². The minimum atomic E-state index is -4.76. The fourth-order valence-corrected chi connectivity index (χ4v) is 3.57. The molecule has 9 heteroatoms. The molecule has 5 nitrogen and oxygen atoms in total. The van der Waals surface area contributed by atoms with Gasteiger partial charge >= 0.3 is 6.36 Å². The van der Waals surface area contributed by atoms with E-state index in [0.717, 1.165) is 16.8 Å². The number of nitrogens with two attached hydrogens (primary N) is 1. The Morgan fingerprint density at radius 1 is 1.45 bits per heavy atom. The predicted octanol–water partition coefficient (Wildman–Crippen LogP) is 2.63. The van der Waals surface area contributed by atoms with E-state index in [9.17, 15) is 18.0 Å². The average molecular weight is 331 g/mol. The maximum absolute atomic E-state index is 12.3. The van der Waals surface area contributed by atoms with E-state index in [1.165, 1.54) is 18.2 Å². The molecule has 0 aromatic heterocycles. The number of thioether (sulfide) groups is 1. The molecule has 1 amide bonds. The summed E-state index contributed by atoms with van der Waals surface area (Å²) in [6.45, 7) is 1.82. The van der Waals surface area contributed by atoms with Gasteiger partial charge in [0, 0.05) is 17.0 Å². The van der Waals surface area contributed by atoms with Gasteiger partial charge in [0.05, 0.1) is 11.7 Å². The maximum Gasteiger partial charge on any atom is 0.573 e. The molecule has 1 aromatic rings. The van der Waals surface area contributed by atoms with E-state index < -0.39 is 11.6 Å². The summed E-state index contributed by atoms with van der Waals surface area (Å²) in [6, 6.07) is 3.74. The Hall–Kier alpha value is -1.74. The van der Waals surface area contributed by atoms with E-state index >= 15 is 0 Å². The molecule has 2 atom stereocenters. The number of carbonyl (C=O) groups excluding carboxylic acids is 1. The smallest absolute Gasteiger partial charge is 0.406 e. The van der Waals surface area contributed by atoms with Gasteiger partial charge in [-0.05, 0) is 25.1 Å². The number of aliphatic imine (C=N–C) groups is 1. The lowest BCUT2D eigenvalue weighted by atomic mass is 10.0. The first-order valence-electron chi connectivity index (χ1n) is 6.46. The van der Waals surface area contributed by atoms with Gasteiger partial charge in [-0.1, -0.05) is 0 Å². The molecule has 0 aliphatic carbocycles. The van der Waals surface area contributed by atoms with E-state index in [1.54, 1.807) is 0 Å². The van der Waals surface area contributed by atoms with Crippen LogP contribution >= 0.6 is 11.8 Å². The molecule has 1 aromatic carbocycles. The van der Waals surface area contributed by atoms with Crippen molar-refractivity contribution in [3.05, 3.63) is 18.2 Å². The minimum Gasteiger partial charge on any atom is -0.406 e. The fourth-order valence-electron chi connectivity index (χ4n) is 2.39. The van der Waals surface area contributed by atoms with Crippen molar-refractivity contribution in [2.45, 2.75) is 35.9 Å². The lowest BCUT2D eigenvalue weighted by Crippen LogP contribution is -2.56. The normalized spacial score (nSPS) is 24.5. The molecular weight excluding hydrogens is 319 g/mol. The quantitative estimate of drug-likeness (QED) is 0.634. The summed E-state index contributed by atoms with van der Waals surface area (Å²) >= 11 is 1.15. The topological polar surface area (TPSA) is 67.9 Å². The SMILES string of the molecule is CC1CC2=Nc3ccc(OC(F)(F)F)cc3SC2C(=O)N1N. The number of alkyl halides is 3. The highest BCUT2D eigenvalue weighted by molar-refractivity contribution is 8.01. The van der Waals surface area contributed by atoms with Crippen molar-refractivity contribution in [3.63, 3.8) is 0 Å². The third-order valence-electron chi connectivity index (χ3n) is 3.43. The molecule has 2 N–H and O–H groups in total. The van der Waals surface area contributed by atoms with Crippen LogP contribution in [0.3, 0.4) is 0 Å². The molecule has 3 rings (SSSR count). The Morgan fingerprint density at radius 2 is 2.18 bits per heavy atom. The van der Waals surface area contributed by atoms with Crippen LogP contribution in [0, 0.1) is 0 Å². The highest BCUT2D eigenvalue weighted by Gasteiger charge is 2.40. The molecule has 0 saturated carbocycles. The van der Waals surface area contributed by atoms with Gasteiger partial charge in [0.1, 0.15) is 11.0 Å². The van der Waals surface area contributed by atoms with Gasteiger partial charge in [0.15, 0.2) is 0 Å².